The van der Waals surface area contributed by atoms with Crippen molar-refractivity contribution in [1.82, 2.24) is 10.6 Å². The van der Waals surface area contributed by atoms with E-state index in [4.69, 9.17) is 4.74 Å². The van der Waals surface area contributed by atoms with Crippen LogP contribution in [0.1, 0.15) is 38.3 Å². The van der Waals surface area contributed by atoms with Gasteiger partial charge in [-0.2, -0.15) is 0 Å². The molecule has 0 saturated heterocycles. The molecule has 0 aromatic heterocycles. The lowest BCUT2D eigenvalue weighted by Gasteiger charge is -2.27. The van der Waals surface area contributed by atoms with Gasteiger partial charge in [-0.15, -0.1) is 0 Å². The largest absolute Gasteiger partial charge is 0.486 e. The molecule has 1 heterocycles. The molecular weight excluding hydrogens is 252 g/mol. The SMILES string of the molecule is CC1(C)Oc2ccccc2C1NCCNC(=O)C1CC1. The molecule has 2 aliphatic rings. The Morgan fingerprint density at radius 3 is 2.80 bits per heavy atom. The fourth-order valence-corrected chi connectivity index (χ4v) is 2.78. The predicted octanol–water partition coefficient (Wildman–Crippen LogP) is 2.01. The molecule has 1 aliphatic heterocycles. The fourth-order valence-electron chi connectivity index (χ4n) is 2.78. The summed E-state index contributed by atoms with van der Waals surface area (Å²) in [5.41, 5.74) is 0.940. The molecule has 1 fully saturated rings. The van der Waals surface area contributed by atoms with Crippen LogP contribution >= 0.6 is 0 Å². The zero-order valence-corrected chi connectivity index (χ0v) is 12.1. The van der Waals surface area contributed by atoms with E-state index >= 15 is 0 Å². The van der Waals surface area contributed by atoms with Crippen LogP contribution in [-0.4, -0.2) is 24.6 Å². The minimum atomic E-state index is -0.260. The number of para-hydroxylation sites is 1. The lowest BCUT2D eigenvalue weighted by Crippen LogP contribution is -2.42. The van der Waals surface area contributed by atoms with Crippen molar-refractivity contribution in [3.63, 3.8) is 0 Å². The molecule has 20 heavy (non-hydrogen) atoms. The first-order valence-corrected chi connectivity index (χ1v) is 7.37. The monoisotopic (exact) mass is 274 g/mol. The Morgan fingerprint density at radius 1 is 1.30 bits per heavy atom. The van der Waals surface area contributed by atoms with Gasteiger partial charge in [0.15, 0.2) is 0 Å². The van der Waals surface area contributed by atoms with E-state index in [0.717, 1.165) is 25.1 Å². The van der Waals surface area contributed by atoms with E-state index in [0.29, 0.717) is 6.54 Å². The summed E-state index contributed by atoms with van der Waals surface area (Å²) in [6.45, 7) is 5.61. The van der Waals surface area contributed by atoms with Crippen LogP contribution in [0, 0.1) is 5.92 Å². The molecule has 1 saturated carbocycles. The molecule has 1 amide bonds. The first-order chi connectivity index (χ1) is 9.58. The van der Waals surface area contributed by atoms with Crippen LogP contribution in [0.15, 0.2) is 24.3 Å². The average molecular weight is 274 g/mol. The molecule has 0 radical (unpaired) electrons. The summed E-state index contributed by atoms with van der Waals surface area (Å²) in [5.74, 6) is 1.44. The molecule has 2 N–H and O–H groups in total. The molecule has 0 bridgehead atoms. The van der Waals surface area contributed by atoms with Gasteiger partial charge in [-0.25, -0.2) is 0 Å². The summed E-state index contributed by atoms with van der Waals surface area (Å²) in [6.07, 6.45) is 2.10. The Kier molecular flexibility index (Phi) is 3.42. The Bertz CT molecular complexity index is 509. The third-order valence-electron chi connectivity index (χ3n) is 4.02. The molecule has 4 nitrogen and oxygen atoms in total. The zero-order chi connectivity index (χ0) is 14.2. The highest BCUT2D eigenvalue weighted by Crippen LogP contribution is 2.42. The Labute approximate surface area is 119 Å². The van der Waals surface area contributed by atoms with Gasteiger partial charge in [0.05, 0.1) is 6.04 Å². The normalized spacial score (nSPS) is 23.0. The van der Waals surface area contributed by atoms with Crippen LogP contribution in [0.25, 0.3) is 0 Å². The van der Waals surface area contributed by atoms with Crippen LogP contribution < -0.4 is 15.4 Å². The number of carbonyl (C=O) groups is 1. The number of carbonyl (C=O) groups excluding carboxylic acids is 1. The smallest absolute Gasteiger partial charge is 0.223 e. The van der Waals surface area contributed by atoms with Crippen molar-refractivity contribution in [3.8, 4) is 5.75 Å². The minimum absolute atomic E-state index is 0.163. The first kappa shape index (κ1) is 13.4. The van der Waals surface area contributed by atoms with Crippen molar-refractivity contribution in [2.45, 2.75) is 38.3 Å². The number of hydrogen-bond acceptors (Lipinski definition) is 3. The summed E-state index contributed by atoms with van der Waals surface area (Å²) in [5, 5.41) is 6.48. The molecule has 1 aromatic rings. The quantitative estimate of drug-likeness (QED) is 0.808. The maximum Gasteiger partial charge on any atom is 0.223 e. The summed E-state index contributed by atoms with van der Waals surface area (Å²) >= 11 is 0. The van der Waals surface area contributed by atoms with E-state index in [-0.39, 0.29) is 23.5 Å². The van der Waals surface area contributed by atoms with Crippen molar-refractivity contribution in [1.29, 1.82) is 0 Å². The second-order valence-electron chi connectivity index (χ2n) is 6.20. The molecule has 1 aromatic carbocycles. The number of hydrogen-bond donors (Lipinski definition) is 2. The van der Waals surface area contributed by atoms with Gasteiger partial charge in [0.25, 0.3) is 0 Å². The van der Waals surface area contributed by atoms with E-state index in [2.05, 4.69) is 30.5 Å². The number of fused-ring (bicyclic) bond motifs is 1. The van der Waals surface area contributed by atoms with E-state index < -0.39 is 0 Å². The summed E-state index contributed by atoms with van der Waals surface area (Å²) in [6, 6.07) is 8.30. The number of rotatable bonds is 5. The van der Waals surface area contributed by atoms with Crippen LogP contribution in [0.3, 0.4) is 0 Å². The second-order valence-corrected chi connectivity index (χ2v) is 6.20. The van der Waals surface area contributed by atoms with Crippen molar-refractivity contribution < 1.29 is 9.53 Å². The van der Waals surface area contributed by atoms with Crippen molar-refractivity contribution >= 4 is 5.91 Å². The summed E-state index contributed by atoms with van der Waals surface area (Å²) in [7, 11) is 0. The van der Waals surface area contributed by atoms with Gasteiger partial charge >= 0.3 is 0 Å². The van der Waals surface area contributed by atoms with Crippen molar-refractivity contribution in [2.24, 2.45) is 5.92 Å². The van der Waals surface area contributed by atoms with Gasteiger partial charge in [0, 0.05) is 24.6 Å². The van der Waals surface area contributed by atoms with E-state index in [1.165, 1.54) is 5.56 Å². The Morgan fingerprint density at radius 2 is 2.05 bits per heavy atom. The fraction of sp³-hybridized carbons (Fsp3) is 0.562. The van der Waals surface area contributed by atoms with Crippen molar-refractivity contribution in [3.05, 3.63) is 29.8 Å². The van der Waals surface area contributed by atoms with Crippen LogP contribution in [0.2, 0.25) is 0 Å². The van der Waals surface area contributed by atoms with Crippen LogP contribution in [-0.2, 0) is 4.79 Å². The predicted molar refractivity (Wildman–Crippen MR) is 77.6 cm³/mol. The number of amides is 1. The van der Waals surface area contributed by atoms with Gasteiger partial charge in [-0.1, -0.05) is 18.2 Å². The summed E-state index contributed by atoms with van der Waals surface area (Å²) < 4.78 is 5.98. The van der Waals surface area contributed by atoms with E-state index in [1.54, 1.807) is 0 Å². The molecule has 3 rings (SSSR count). The van der Waals surface area contributed by atoms with E-state index in [1.807, 2.05) is 18.2 Å². The first-order valence-electron chi connectivity index (χ1n) is 7.37. The van der Waals surface area contributed by atoms with Gasteiger partial charge in [0.2, 0.25) is 5.91 Å². The maximum absolute atomic E-state index is 11.6. The lowest BCUT2D eigenvalue weighted by atomic mass is 9.94. The molecule has 1 aliphatic carbocycles. The molecule has 0 spiro atoms. The third-order valence-corrected chi connectivity index (χ3v) is 4.02. The third kappa shape index (κ3) is 2.66. The minimum Gasteiger partial charge on any atom is -0.486 e. The van der Waals surface area contributed by atoms with Crippen LogP contribution in [0.5, 0.6) is 5.75 Å². The number of nitrogens with one attached hydrogen (secondary N) is 2. The highest BCUT2D eigenvalue weighted by atomic mass is 16.5. The molecule has 1 atom stereocenters. The molecular formula is C16H22N2O2. The Hall–Kier alpha value is -1.55. The average Bonchev–Trinajstić information content (AvgIpc) is 3.20. The lowest BCUT2D eigenvalue weighted by molar-refractivity contribution is -0.122. The highest BCUT2D eigenvalue weighted by Gasteiger charge is 2.40. The second kappa shape index (κ2) is 5.09. The van der Waals surface area contributed by atoms with Gasteiger partial charge < -0.3 is 15.4 Å². The van der Waals surface area contributed by atoms with Crippen molar-refractivity contribution in [2.75, 3.05) is 13.1 Å². The van der Waals surface area contributed by atoms with Crippen LogP contribution in [0.4, 0.5) is 0 Å². The van der Waals surface area contributed by atoms with Gasteiger partial charge in [-0.3, -0.25) is 4.79 Å². The van der Waals surface area contributed by atoms with Gasteiger partial charge in [-0.05, 0) is 32.8 Å². The number of benzene rings is 1. The topological polar surface area (TPSA) is 50.4 Å². The molecule has 4 heteroatoms. The standard InChI is InChI=1S/C16H22N2O2/c1-16(2)14(12-5-3-4-6-13(12)20-16)17-9-10-18-15(19)11-7-8-11/h3-6,11,14,17H,7-10H2,1-2H3,(H,18,19). The van der Waals surface area contributed by atoms with E-state index in [9.17, 15) is 4.79 Å². The molecule has 108 valence electrons. The summed E-state index contributed by atoms with van der Waals surface area (Å²) in [4.78, 5) is 11.6. The molecule has 1 unspecified atom stereocenters. The Balaban J connectivity index is 1.54. The maximum atomic E-state index is 11.6. The zero-order valence-electron chi connectivity index (χ0n) is 12.1. The number of ether oxygens (including phenoxy) is 1. The highest BCUT2D eigenvalue weighted by molar-refractivity contribution is 5.80. The van der Waals surface area contributed by atoms with Gasteiger partial charge in [0.1, 0.15) is 11.4 Å².